The van der Waals surface area contributed by atoms with E-state index in [1.165, 1.54) is 11.8 Å². The standard InChI is InChI=1S/C17H27N3O5S2/c1-3-25-17(23)20-13(21)10-6-7-26-15(10)19-14(22)16-18-11-5-4-9(24-2)8-12(11)27-16/h9-12,15-16,18H,3-8H2,1-2H3,(H,19,22)(H,20,21,23). The van der Waals surface area contributed by atoms with Crippen molar-refractivity contribution in [1.82, 2.24) is 16.0 Å². The van der Waals surface area contributed by atoms with E-state index in [0.29, 0.717) is 17.7 Å². The normalized spacial score (nSPS) is 35.3. The lowest BCUT2D eigenvalue weighted by atomic mass is 9.92. The van der Waals surface area contributed by atoms with E-state index in [1.54, 1.807) is 25.8 Å². The summed E-state index contributed by atoms with van der Waals surface area (Å²) < 4.78 is 10.2. The molecule has 0 aromatic carbocycles. The molecule has 3 rings (SSSR count). The molecule has 0 aromatic heterocycles. The molecule has 2 aliphatic heterocycles. The van der Waals surface area contributed by atoms with Crippen LogP contribution in [-0.2, 0) is 19.1 Å². The van der Waals surface area contributed by atoms with Crippen molar-refractivity contribution in [1.29, 1.82) is 0 Å². The summed E-state index contributed by atoms with van der Waals surface area (Å²) >= 11 is 3.18. The van der Waals surface area contributed by atoms with Gasteiger partial charge in [0, 0.05) is 18.4 Å². The number of thioether (sulfide) groups is 2. The zero-order valence-corrected chi connectivity index (χ0v) is 17.2. The Morgan fingerprint density at radius 1 is 1.19 bits per heavy atom. The molecule has 3 N–H and O–H groups in total. The molecular weight excluding hydrogens is 390 g/mol. The van der Waals surface area contributed by atoms with E-state index in [4.69, 9.17) is 9.47 Å². The van der Waals surface area contributed by atoms with Gasteiger partial charge in [0.25, 0.3) is 0 Å². The lowest BCUT2D eigenvalue weighted by Gasteiger charge is -2.29. The topological polar surface area (TPSA) is 106 Å². The van der Waals surface area contributed by atoms with Crippen LogP contribution < -0.4 is 16.0 Å². The monoisotopic (exact) mass is 417 g/mol. The minimum Gasteiger partial charge on any atom is -0.450 e. The van der Waals surface area contributed by atoms with Gasteiger partial charge in [-0.05, 0) is 38.4 Å². The molecule has 2 saturated heterocycles. The van der Waals surface area contributed by atoms with Crippen molar-refractivity contribution in [2.75, 3.05) is 19.5 Å². The molecule has 10 heteroatoms. The van der Waals surface area contributed by atoms with Gasteiger partial charge in [0.2, 0.25) is 11.8 Å². The van der Waals surface area contributed by atoms with Gasteiger partial charge >= 0.3 is 6.09 Å². The number of hydrogen-bond donors (Lipinski definition) is 3. The Morgan fingerprint density at radius 2 is 2.00 bits per heavy atom. The van der Waals surface area contributed by atoms with E-state index in [-0.39, 0.29) is 29.4 Å². The predicted octanol–water partition coefficient (Wildman–Crippen LogP) is 1.05. The molecule has 0 radical (unpaired) electrons. The Bertz CT molecular complexity index is 579. The average molecular weight is 418 g/mol. The summed E-state index contributed by atoms with van der Waals surface area (Å²) in [6.07, 6.45) is 3.10. The number of carbonyl (C=O) groups is 3. The van der Waals surface area contributed by atoms with E-state index in [9.17, 15) is 14.4 Å². The van der Waals surface area contributed by atoms with Gasteiger partial charge in [0.15, 0.2) is 0 Å². The van der Waals surface area contributed by atoms with Crippen LogP contribution in [-0.4, -0.2) is 65.5 Å². The van der Waals surface area contributed by atoms with E-state index in [0.717, 1.165) is 25.0 Å². The predicted molar refractivity (Wildman–Crippen MR) is 104 cm³/mol. The summed E-state index contributed by atoms with van der Waals surface area (Å²) in [7, 11) is 1.74. The lowest BCUT2D eigenvalue weighted by Crippen LogP contribution is -2.49. The van der Waals surface area contributed by atoms with Gasteiger partial charge in [0.05, 0.1) is 24.0 Å². The van der Waals surface area contributed by atoms with Gasteiger partial charge in [-0.2, -0.15) is 0 Å². The first-order valence-corrected chi connectivity index (χ1v) is 11.3. The largest absolute Gasteiger partial charge is 0.450 e. The molecule has 3 amide bonds. The number of nitrogens with one attached hydrogen (secondary N) is 3. The van der Waals surface area contributed by atoms with E-state index >= 15 is 0 Å². The van der Waals surface area contributed by atoms with Crippen molar-refractivity contribution < 1.29 is 23.9 Å². The summed E-state index contributed by atoms with van der Waals surface area (Å²) in [5.41, 5.74) is 0. The first-order valence-electron chi connectivity index (χ1n) is 9.35. The molecule has 1 saturated carbocycles. The van der Waals surface area contributed by atoms with Gasteiger partial charge < -0.3 is 14.8 Å². The average Bonchev–Trinajstić information content (AvgIpc) is 3.27. The smallest absolute Gasteiger partial charge is 0.413 e. The maximum atomic E-state index is 12.7. The van der Waals surface area contributed by atoms with Crippen LogP contribution in [0.2, 0.25) is 0 Å². The van der Waals surface area contributed by atoms with Crippen LogP contribution in [0.4, 0.5) is 4.79 Å². The fourth-order valence-electron chi connectivity index (χ4n) is 3.77. The van der Waals surface area contributed by atoms with Gasteiger partial charge in [-0.3, -0.25) is 20.2 Å². The van der Waals surface area contributed by atoms with Gasteiger partial charge in [-0.1, -0.05) is 0 Å². The van der Waals surface area contributed by atoms with Crippen LogP contribution in [0.5, 0.6) is 0 Å². The molecule has 152 valence electrons. The van der Waals surface area contributed by atoms with Gasteiger partial charge in [0.1, 0.15) is 5.37 Å². The highest BCUT2D eigenvalue weighted by Gasteiger charge is 2.43. The number of hydrogen-bond acceptors (Lipinski definition) is 8. The number of carbonyl (C=O) groups excluding carboxylic acids is 3. The zero-order valence-electron chi connectivity index (χ0n) is 15.6. The van der Waals surface area contributed by atoms with Gasteiger partial charge in [-0.25, -0.2) is 4.79 Å². The number of ether oxygens (including phenoxy) is 2. The highest BCUT2D eigenvalue weighted by Crippen LogP contribution is 2.38. The minimum absolute atomic E-state index is 0.100. The summed E-state index contributed by atoms with van der Waals surface area (Å²) in [5.74, 6) is -0.170. The van der Waals surface area contributed by atoms with E-state index < -0.39 is 17.9 Å². The molecule has 0 spiro atoms. The molecule has 2 heterocycles. The van der Waals surface area contributed by atoms with Gasteiger partial charge in [-0.15, -0.1) is 23.5 Å². The van der Waals surface area contributed by atoms with Crippen LogP contribution in [0.1, 0.15) is 32.6 Å². The third kappa shape index (κ3) is 5.10. The number of amides is 3. The molecule has 6 unspecified atom stereocenters. The maximum absolute atomic E-state index is 12.7. The number of rotatable bonds is 5. The number of methoxy groups -OCH3 is 1. The van der Waals surface area contributed by atoms with Crippen molar-refractivity contribution in [2.45, 2.75) is 60.8 Å². The Hall–Kier alpha value is -0.970. The first kappa shape index (κ1) is 20.8. The molecular formula is C17H27N3O5S2. The molecule has 3 fully saturated rings. The maximum Gasteiger partial charge on any atom is 0.413 e. The van der Waals surface area contributed by atoms with Crippen molar-refractivity contribution in [3.05, 3.63) is 0 Å². The summed E-state index contributed by atoms with van der Waals surface area (Å²) in [6, 6.07) is 0.330. The molecule has 0 bridgehead atoms. The molecule has 0 aromatic rings. The molecule has 6 atom stereocenters. The van der Waals surface area contributed by atoms with E-state index in [1.807, 2.05) is 0 Å². The van der Waals surface area contributed by atoms with Crippen LogP contribution >= 0.6 is 23.5 Å². The zero-order chi connectivity index (χ0) is 19.4. The van der Waals surface area contributed by atoms with Crippen LogP contribution in [0, 0.1) is 5.92 Å². The first-order chi connectivity index (χ1) is 13.0. The highest BCUT2D eigenvalue weighted by atomic mass is 32.2. The summed E-state index contributed by atoms with van der Waals surface area (Å²) in [6.45, 7) is 1.88. The fourth-order valence-corrected chi connectivity index (χ4v) is 6.63. The third-order valence-corrected chi connectivity index (χ3v) is 7.97. The van der Waals surface area contributed by atoms with Crippen molar-refractivity contribution in [3.8, 4) is 0 Å². The quantitative estimate of drug-likeness (QED) is 0.610. The Labute approximate surface area is 167 Å². The second-order valence-electron chi connectivity index (χ2n) is 6.90. The van der Waals surface area contributed by atoms with E-state index in [2.05, 4.69) is 16.0 Å². The summed E-state index contributed by atoms with van der Waals surface area (Å²) in [4.78, 5) is 36.5. The molecule has 27 heavy (non-hydrogen) atoms. The SMILES string of the molecule is CCOC(=O)NC(=O)C1CCSC1NC(=O)C1NC2CCC(OC)CC2S1. The highest BCUT2D eigenvalue weighted by molar-refractivity contribution is 8.01. The minimum atomic E-state index is -0.741. The second-order valence-corrected chi connectivity index (χ2v) is 9.50. The lowest BCUT2D eigenvalue weighted by molar-refractivity contribution is -0.125. The Balaban J connectivity index is 1.51. The number of fused-ring (bicyclic) bond motifs is 1. The van der Waals surface area contributed by atoms with Crippen LogP contribution in [0.3, 0.4) is 0 Å². The molecule has 1 aliphatic carbocycles. The van der Waals surface area contributed by atoms with Crippen LogP contribution in [0.25, 0.3) is 0 Å². The Kier molecular flexibility index (Phi) is 7.29. The summed E-state index contributed by atoms with van der Waals surface area (Å²) in [5, 5.41) is 8.38. The number of imide groups is 1. The Morgan fingerprint density at radius 3 is 2.74 bits per heavy atom. The number of alkyl carbamates (subject to hydrolysis) is 1. The third-order valence-electron chi connectivity index (χ3n) is 5.21. The molecule has 3 aliphatic rings. The molecule has 8 nitrogen and oxygen atoms in total. The van der Waals surface area contributed by atoms with Crippen LogP contribution in [0.15, 0.2) is 0 Å². The fraction of sp³-hybridized carbons (Fsp3) is 0.824. The van der Waals surface area contributed by atoms with Crippen molar-refractivity contribution >= 4 is 41.4 Å². The second kappa shape index (κ2) is 9.49. The van der Waals surface area contributed by atoms with Crippen molar-refractivity contribution in [2.24, 2.45) is 5.92 Å². The van der Waals surface area contributed by atoms with Crippen molar-refractivity contribution in [3.63, 3.8) is 0 Å².